The standard InChI is InChI=1S/C31H28ClN3O5/c1-16-13-20-26(21(32)14-16)34-29(38)31(20)30(19-7-4-5-8-22(19)33-28(30)37)25(23-9-6-12-35(23)31)27(36)18-11-10-17(39-2)15-24(18)40-3/h4-5,7-8,10-11,13-15,23,25H,6,9,12H2,1-3H3,(H,33,37)(H,34,38). The molecule has 2 N–H and O–H groups in total. The zero-order valence-electron chi connectivity index (χ0n) is 22.3. The van der Waals surface area contributed by atoms with Crippen LogP contribution in [0.4, 0.5) is 11.4 Å². The largest absolute Gasteiger partial charge is 0.497 e. The number of methoxy groups -OCH3 is 2. The summed E-state index contributed by atoms with van der Waals surface area (Å²) in [6, 6.07) is 15.8. The third-order valence-corrected chi connectivity index (χ3v) is 9.56. The maximum Gasteiger partial charge on any atom is 0.251 e. The van der Waals surface area contributed by atoms with Gasteiger partial charge in [0.1, 0.15) is 22.5 Å². The van der Waals surface area contributed by atoms with Crippen LogP contribution in [-0.2, 0) is 20.5 Å². The van der Waals surface area contributed by atoms with Gasteiger partial charge in [0, 0.05) is 23.4 Å². The van der Waals surface area contributed by atoms with Gasteiger partial charge in [-0.05, 0) is 61.7 Å². The van der Waals surface area contributed by atoms with Crippen molar-refractivity contribution < 1.29 is 23.9 Å². The summed E-state index contributed by atoms with van der Waals surface area (Å²) in [6.07, 6.45) is 1.45. The number of fused-ring (bicyclic) bond motifs is 7. The van der Waals surface area contributed by atoms with Gasteiger partial charge in [0.15, 0.2) is 5.78 Å². The van der Waals surface area contributed by atoms with Crippen molar-refractivity contribution in [2.24, 2.45) is 5.92 Å². The Bertz CT molecular complexity index is 1640. The van der Waals surface area contributed by atoms with Gasteiger partial charge in [-0.2, -0.15) is 0 Å². The van der Waals surface area contributed by atoms with Crippen molar-refractivity contribution in [3.05, 3.63) is 81.9 Å². The first-order valence-corrected chi connectivity index (χ1v) is 13.7. The summed E-state index contributed by atoms with van der Waals surface area (Å²) in [4.78, 5) is 46.2. The van der Waals surface area contributed by atoms with Gasteiger partial charge in [-0.1, -0.05) is 35.9 Å². The molecule has 4 heterocycles. The van der Waals surface area contributed by atoms with E-state index in [0.29, 0.717) is 57.6 Å². The SMILES string of the molecule is COc1ccc(C(=O)C2C3CCCN3C3(C(=O)Nc4c(Cl)cc(C)cc43)C23C(=O)Nc2ccccc23)c(OC)c1. The highest BCUT2D eigenvalue weighted by molar-refractivity contribution is 6.35. The minimum Gasteiger partial charge on any atom is -0.497 e. The Labute approximate surface area is 236 Å². The Kier molecular flexibility index (Phi) is 5.37. The predicted molar refractivity (Wildman–Crippen MR) is 150 cm³/mol. The number of nitrogens with zero attached hydrogens (tertiary/aromatic N) is 1. The van der Waals surface area contributed by atoms with Crippen LogP contribution in [0.2, 0.25) is 5.02 Å². The van der Waals surface area contributed by atoms with Gasteiger partial charge in [-0.25, -0.2) is 0 Å². The zero-order valence-corrected chi connectivity index (χ0v) is 23.1. The molecule has 2 saturated heterocycles. The third-order valence-electron chi connectivity index (χ3n) is 9.26. The van der Waals surface area contributed by atoms with E-state index in [0.717, 1.165) is 12.0 Å². The molecule has 0 saturated carbocycles. The van der Waals surface area contributed by atoms with Crippen LogP contribution in [0, 0.1) is 12.8 Å². The molecule has 4 atom stereocenters. The summed E-state index contributed by atoms with van der Waals surface area (Å²) in [5, 5.41) is 6.49. The topological polar surface area (TPSA) is 97.0 Å². The summed E-state index contributed by atoms with van der Waals surface area (Å²) >= 11 is 6.71. The van der Waals surface area contributed by atoms with Crippen LogP contribution in [0.1, 0.15) is 39.9 Å². The van der Waals surface area contributed by atoms with Crippen LogP contribution in [0.15, 0.2) is 54.6 Å². The fraction of sp³-hybridized carbons (Fsp3) is 0.323. The summed E-state index contributed by atoms with van der Waals surface area (Å²) in [7, 11) is 3.05. The molecule has 4 aliphatic heterocycles. The molecule has 0 aliphatic carbocycles. The van der Waals surface area contributed by atoms with Crippen molar-refractivity contribution in [1.29, 1.82) is 0 Å². The normalized spacial score (nSPS) is 27.9. The van der Waals surface area contributed by atoms with E-state index in [1.54, 1.807) is 31.4 Å². The van der Waals surface area contributed by atoms with Crippen LogP contribution in [-0.4, -0.2) is 49.3 Å². The number of benzene rings is 3. The van der Waals surface area contributed by atoms with Crippen molar-refractivity contribution >= 4 is 40.6 Å². The smallest absolute Gasteiger partial charge is 0.251 e. The molecule has 7 rings (SSSR count). The fourth-order valence-electron chi connectivity index (χ4n) is 7.94. The number of carbonyl (C=O) groups excluding carboxylic acids is 3. The van der Waals surface area contributed by atoms with Gasteiger partial charge in [0.2, 0.25) is 5.91 Å². The molecule has 4 aliphatic rings. The molecule has 0 bridgehead atoms. The number of hydrogen-bond donors (Lipinski definition) is 2. The lowest BCUT2D eigenvalue weighted by Crippen LogP contribution is -2.62. The number of para-hydroxylation sites is 1. The highest BCUT2D eigenvalue weighted by Crippen LogP contribution is 2.68. The average molecular weight is 558 g/mol. The number of anilines is 2. The number of ketones is 1. The van der Waals surface area contributed by atoms with Crippen molar-refractivity contribution in [3.8, 4) is 11.5 Å². The van der Waals surface area contributed by atoms with Crippen LogP contribution in [0.3, 0.4) is 0 Å². The summed E-state index contributed by atoms with van der Waals surface area (Å²) in [6.45, 7) is 2.48. The number of amides is 2. The fourth-order valence-corrected chi connectivity index (χ4v) is 8.26. The van der Waals surface area contributed by atoms with Crippen molar-refractivity contribution in [2.75, 3.05) is 31.4 Å². The molecule has 8 nitrogen and oxygen atoms in total. The number of ether oxygens (including phenoxy) is 2. The van der Waals surface area contributed by atoms with Gasteiger partial charge in [-0.15, -0.1) is 0 Å². The number of nitrogens with one attached hydrogen (secondary N) is 2. The Morgan fingerprint density at radius 2 is 1.80 bits per heavy atom. The summed E-state index contributed by atoms with van der Waals surface area (Å²) < 4.78 is 11.0. The van der Waals surface area contributed by atoms with E-state index < -0.39 is 16.9 Å². The molecule has 3 aromatic carbocycles. The van der Waals surface area contributed by atoms with E-state index in [2.05, 4.69) is 15.5 Å². The summed E-state index contributed by atoms with van der Waals surface area (Å²) in [5.41, 5.74) is 0.554. The van der Waals surface area contributed by atoms with E-state index in [1.165, 1.54) is 7.11 Å². The maximum absolute atomic E-state index is 14.9. The molecule has 2 amide bonds. The van der Waals surface area contributed by atoms with Gasteiger partial charge in [0.05, 0.1) is 36.4 Å². The summed E-state index contributed by atoms with van der Waals surface area (Å²) in [5.74, 6) is -0.934. The van der Waals surface area contributed by atoms with E-state index in [1.807, 2.05) is 37.3 Å². The minimum absolute atomic E-state index is 0.250. The van der Waals surface area contributed by atoms with Crippen LogP contribution >= 0.6 is 11.6 Å². The number of Topliss-reactive ketones (excluding diaryl/α,β-unsaturated/α-hetero) is 1. The maximum atomic E-state index is 14.9. The molecule has 9 heteroatoms. The highest BCUT2D eigenvalue weighted by atomic mass is 35.5. The van der Waals surface area contributed by atoms with Gasteiger partial charge in [-0.3, -0.25) is 19.3 Å². The quantitative estimate of drug-likeness (QED) is 0.452. The van der Waals surface area contributed by atoms with Crippen molar-refractivity contribution in [3.63, 3.8) is 0 Å². The van der Waals surface area contributed by atoms with E-state index in [-0.39, 0.29) is 23.6 Å². The Hall–Kier alpha value is -3.88. The second-order valence-corrected chi connectivity index (χ2v) is 11.4. The Balaban J connectivity index is 1.58. The molecular weight excluding hydrogens is 530 g/mol. The average Bonchev–Trinajstić information content (AvgIpc) is 3.67. The number of hydrogen-bond acceptors (Lipinski definition) is 6. The number of rotatable bonds is 4. The molecule has 2 fully saturated rings. The monoisotopic (exact) mass is 557 g/mol. The Morgan fingerprint density at radius 3 is 2.58 bits per heavy atom. The van der Waals surface area contributed by atoms with Gasteiger partial charge in [0.25, 0.3) is 5.91 Å². The predicted octanol–water partition coefficient (Wildman–Crippen LogP) is 4.68. The molecule has 3 aromatic rings. The van der Waals surface area contributed by atoms with Crippen molar-refractivity contribution in [2.45, 2.75) is 36.8 Å². The first-order chi connectivity index (χ1) is 19.3. The van der Waals surface area contributed by atoms with Gasteiger partial charge < -0.3 is 20.1 Å². The molecule has 40 heavy (non-hydrogen) atoms. The third kappa shape index (κ3) is 2.82. The molecule has 2 spiro atoms. The van der Waals surface area contributed by atoms with Gasteiger partial charge >= 0.3 is 0 Å². The first kappa shape index (κ1) is 25.1. The van der Waals surface area contributed by atoms with E-state index in [9.17, 15) is 14.4 Å². The van der Waals surface area contributed by atoms with Crippen molar-refractivity contribution in [1.82, 2.24) is 4.90 Å². The zero-order chi connectivity index (χ0) is 28.0. The molecular formula is C31H28ClN3O5. The lowest BCUT2D eigenvalue weighted by atomic mass is 9.57. The number of aryl methyl sites for hydroxylation is 1. The van der Waals surface area contributed by atoms with E-state index in [4.69, 9.17) is 21.1 Å². The minimum atomic E-state index is -1.55. The number of carbonyl (C=O) groups is 3. The van der Waals surface area contributed by atoms with E-state index >= 15 is 0 Å². The highest BCUT2D eigenvalue weighted by Gasteiger charge is 2.81. The molecule has 204 valence electrons. The van der Waals surface area contributed by atoms with Crippen LogP contribution < -0.4 is 20.1 Å². The number of halogens is 1. The molecule has 4 unspecified atom stereocenters. The Morgan fingerprint density at radius 1 is 1.00 bits per heavy atom. The molecule has 0 radical (unpaired) electrons. The second-order valence-electron chi connectivity index (χ2n) is 11.0. The molecule has 0 aromatic heterocycles. The lowest BCUT2D eigenvalue weighted by molar-refractivity contribution is -0.137. The lowest BCUT2D eigenvalue weighted by Gasteiger charge is -2.43. The van der Waals surface area contributed by atoms with Crippen LogP contribution in [0.5, 0.6) is 11.5 Å². The second kappa shape index (κ2) is 8.56. The van der Waals surface area contributed by atoms with Crippen LogP contribution in [0.25, 0.3) is 0 Å². The first-order valence-electron chi connectivity index (χ1n) is 13.4.